The fourth-order valence-electron chi connectivity index (χ4n) is 5.44. The molecule has 0 amide bonds. The summed E-state index contributed by atoms with van der Waals surface area (Å²) in [6.45, 7) is 3.27. The van der Waals surface area contributed by atoms with Crippen molar-refractivity contribution in [3.05, 3.63) is 42.9 Å². The maximum Gasteiger partial charge on any atom is 0.137 e. The molecule has 3 aromatic rings. The van der Waals surface area contributed by atoms with E-state index in [4.69, 9.17) is 4.98 Å². The number of anilines is 2. The lowest BCUT2D eigenvalue weighted by Crippen LogP contribution is -2.37. The number of pyridine rings is 3. The fraction of sp³-hybridized carbons (Fsp3) is 0.519. The quantitative estimate of drug-likeness (QED) is 0.563. The lowest BCUT2D eigenvalue weighted by atomic mass is 9.95. The number of fused-ring (bicyclic) bond motifs is 1. The van der Waals surface area contributed by atoms with Crippen LogP contribution in [0.5, 0.6) is 0 Å². The van der Waals surface area contributed by atoms with Crippen LogP contribution in [0.25, 0.3) is 22.0 Å². The van der Waals surface area contributed by atoms with Gasteiger partial charge < -0.3 is 15.1 Å². The van der Waals surface area contributed by atoms with Crippen molar-refractivity contribution >= 4 is 22.4 Å². The molecule has 1 N–H and O–H groups in total. The molecule has 2 fully saturated rings. The summed E-state index contributed by atoms with van der Waals surface area (Å²) < 4.78 is 0. The van der Waals surface area contributed by atoms with Gasteiger partial charge in [-0.2, -0.15) is 0 Å². The molecular formula is C27H36N6. The first-order valence-electron chi connectivity index (χ1n) is 12.5. The maximum absolute atomic E-state index is 5.20. The molecule has 0 atom stereocenters. The molecule has 33 heavy (non-hydrogen) atoms. The molecule has 5 rings (SSSR count). The normalized spacial score (nSPS) is 18.2. The van der Waals surface area contributed by atoms with Crippen molar-refractivity contribution in [1.29, 1.82) is 0 Å². The van der Waals surface area contributed by atoms with Crippen LogP contribution in [0.15, 0.2) is 42.9 Å². The van der Waals surface area contributed by atoms with E-state index in [1.165, 1.54) is 56.9 Å². The van der Waals surface area contributed by atoms with Gasteiger partial charge in [0.15, 0.2) is 0 Å². The van der Waals surface area contributed by atoms with Crippen molar-refractivity contribution in [2.45, 2.75) is 51.0 Å². The maximum atomic E-state index is 5.20. The Morgan fingerprint density at radius 2 is 1.82 bits per heavy atom. The van der Waals surface area contributed by atoms with Crippen LogP contribution in [-0.2, 0) is 0 Å². The molecule has 1 saturated heterocycles. The van der Waals surface area contributed by atoms with E-state index in [0.29, 0.717) is 6.04 Å². The van der Waals surface area contributed by atoms with Crippen molar-refractivity contribution < 1.29 is 0 Å². The summed E-state index contributed by atoms with van der Waals surface area (Å²) in [5.41, 5.74) is 2.10. The molecule has 2 aliphatic rings. The summed E-state index contributed by atoms with van der Waals surface area (Å²) in [4.78, 5) is 19.0. The van der Waals surface area contributed by atoms with E-state index in [-0.39, 0.29) is 0 Å². The molecule has 0 unspecified atom stereocenters. The van der Waals surface area contributed by atoms with E-state index in [1.54, 1.807) is 0 Å². The van der Waals surface area contributed by atoms with Crippen LogP contribution in [0.1, 0.15) is 44.9 Å². The molecule has 0 bridgehead atoms. The number of hydrogen-bond donors (Lipinski definition) is 1. The largest absolute Gasteiger partial charge is 0.367 e. The first-order valence-corrected chi connectivity index (χ1v) is 12.5. The molecule has 0 aromatic carbocycles. The van der Waals surface area contributed by atoms with Gasteiger partial charge in [-0.05, 0) is 70.0 Å². The topological polar surface area (TPSA) is 57.2 Å². The highest BCUT2D eigenvalue weighted by atomic mass is 15.2. The van der Waals surface area contributed by atoms with Gasteiger partial charge in [-0.3, -0.25) is 4.98 Å². The van der Waals surface area contributed by atoms with Gasteiger partial charge in [-0.15, -0.1) is 0 Å². The molecule has 6 nitrogen and oxygen atoms in total. The van der Waals surface area contributed by atoms with Crippen molar-refractivity contribution in [2.24, 2.45) is 5.92 Å². The molecule has 174 valence electrons. The molecule has 1 aliphatic heterocycles. The Labute approximate surface area is 197 Å². The van der Waals surface area contributed by atoms with Crippen molar-refractivity contribution in [3.63, 3.8) is 0 Å². The summed E-state index contributed by atoms with van der Waals surface area (Å²) in [6, 6.07) is 9.05. The van der Waals surface area contributed by atoms with E-state index in [0.717, 1.165) is 47.3 Å². The van der Waals surface area contributed by atoms with Crippen LogP contribution in [0.3, 0.4) is 0 Å². The van der Waals surface area contributed by atoms with Gasteiger partial charge in [0.2, 0.25) is 0 Å². The average Bonchev–Trinajstić information content (AvgIpc) is 2.84. The van der Waals surface area contributed by atoms with E-state index < -0.39 is 0 Å². The lowest BCUT2D eigenvalue weighted by Gasteiger charge is -2.34. The van der Waals surface area contributed by atoms with Crippen molar-refractivity contribution in [1.82, 2.24) is 19.9 Å². The Balaban J connectivity index is 1.42. The zero-order valence-corrected chi connectivity index (χ0v) is 20.0. The molecule has 3 aromatic heterocycles. The standard InChI is InChI=1S/C27H36N6/c1-32(2)19-20-10-14-33(15-11-20)27-24-9-12-28-18-22(24)16-25(31-27)21-8-13-29-26(17-21)30-23-6-4-3-5-7-23/h8-9,12-13,16-18,20,23H,3-7,10-11,14-15,19H2,1-2H3,(H,29,30). The third-order valence-electron chi connectivity index (χ3n) is 7.16. The van der Waals surface area contributed by atoms with Crippen LogP contribution >= 0.6 is 0 Å². The van der Waals surface area contributed by atoms with Crippen molar-refractivity contribution in [2.75, 3.05) is 43.9 Å². The molecular weight excluding hydrogens is 408 g/mol. The summed E-state index contributed by atoms with van der Waals surface area (Å²) >= 11 is 0. The van der Waals surface area contributed by atoms with Crippen LogP contribution in [0.4, 0.5) is 11.6 Å². The van der Waals surface area contributed by atoms with Gasteiger partial charge in [0.25, 0.3) is 0 Å². The molecule has 1 aliphatic carbocycles. The Morgan fingerprint density at radius 1 is 1.00 bits per heavy atom. The van der Waals surface area contributed by atoms with Gasteiger partial charge in [-0.1, -0.05) is 19.3 Å². The number of piperidine rings is 1. The first-order chi connectivity index (χ1) is 16.2. The van der Waals surface area contributed by atoms with E-state index >= 15 is 0 Å². The monoisotopic (exact) mass is 444 g/mol. The number of nitrogens with zero attached hydrogens (tertiary/aromatic N) is 5. The highest BCUT2D eigenvalue weighted by molar-refractivity contribution is 5.94. The smallest absolute Gasteiger partial charge is 0.137 e. The summed E-state index contributed by atoms with van der Waals surface area (Å²) in [7, 11) is 4.34. The Morgan fingerprint density at radius 3 is 2.61 bits per heavy atom. The van der Waals surface area contributed by atoms with Crippen LogP contribution in [0.2, 0.25) is 0 Å². The Kier molecular flexibility index (Phi) is 6.72. The summed E-state index contributed by atoms with van der Waals surface area (Å²) in [6.07, 6.45) is 14.6. The third kappa shape index (κ3) is 5.27. The number of rotatable bonds is 6. The number of aromatic nitrogens is 3. The lowest BCUT2D eigenvalue weighted by molar-refractivity contribution is 0.285. The van der Waals surface area contributed by atoms with Crippen LogP contribution in [0, 0.1) is 5.92 Å². The molecule has 0 radical (unpaired) electrons. The van der Waals surface area contributed by atoms with E-state index in [1.807, 2.05) is 18.6 Å². The predicted octanol–water partition coefficient (Wildman–Crippen LogP) is 5.21. The molecule has 0 spiro atoms. The number of hydrogen-bond acceptors (Lipinski definition) is 6. The zero-order chi connectivity index (χ0) is 22.6. The van der Waals surface area contributed by atoms with Gasteiger partial charge >= 0.3 is 0 Å². The highest BCUT2D eigenvalue weighted by Gasteiger charge is 2.23. The third-order valence-corrected chi connectivity index (χ3v) is 7.16. The zero-order valence-electron chi connectivity index (χ0n) is 20.0. The van der Waals surface area contributed by atoms with Crippen molar-refractivity contribution in [3.8, 4) is 11.3 Å². The summed E-state index contributed by atoms with van der Waals surface area (Å²) in [5.74, 6) is 2.81. The van der Waals surface area contributed by atoms with Crippen LogP contribution < -0.4 is 10.2 Å². The van der Waals surface area contributed by atoms with E-state index in [2.05, 4.69) is 63.4 Å². The Hall–Kier alpha value is -2.73. The second kappa shape index (κ2) is 10.0. The number of nitrogens with one attached hydrogen (secondary N) is 1. The minimum Gasteiger partial charge on any atom is -0.367 e. The van der Waals surface area contributed by atoms with Crippen LogP contribution in [-0.4, -0.2) is 59.6 Å². The minimum atomic E-state index is 0.536. The molecule has 6 heteroatoms. The van der Waals surface area contributed by atoms with Gasteiger partial charge in [0.05, 0.1) is 5.69 Å². The molecule has 1 saturated carbocycles. The second-order valence-electron chi connectivity index (χ2n) is 10.0. The minimum absolute atomic E-state index is 0.536. The van der Waals surface area contributed by atoms with Gasteiger partial charge in [-0.25, -0.2) is 9.97 Å². The average molecular weight is 445 g/mol. The SMILES string of the molecule is CN(C)CC1CCN(c2nc(-c3ccnc(NC4CCCCC4)c3)cc3cnccc23)CC1. The van der Waals surface area contributed by atoms with Gasteiger partial charge in [0, 0.05) is 60.6 Å². The summed E-state index contributed by atoms with van der Waals surface area (Å²) in [5, 5.41) is 6.00. The Bertz CT molecular complexity index is 1070. The predicted molar refractivity (Wildman–Crippen MR) is 137 cm³/mol. The first kappa shape index (κ1) is 22.1. The fourth-order valence-corrected chi connectivity index (χ4v) is 5.44. The van der Waals surface area contributed by atoms with E-state index in [9.17, 15) is 0 Å². The molecule has 4 heterocycles. The second-order valence-corrected chi connectivity index (χ2v) is 10.0. The van der Waals surface area contributed by atoms with Gasteiger partial charge in [0.1, 0.15) is 11.6 Å². The highest BCUT2D eigenvalue weighted by Crippen LogP contribution is 2.33.